The highest BCUT2D eigenvalue weighted by Gasteiger charge is 2.13. The van der Waals surface area contributed by atoms with Crippen LogP contribution in [0.15, 0.2) is 30.4 Å². The van der Waals surface area contributed by atoms with Crippen molar-refractivity contribution in [3.63, 3.8) is 0 Å². The summed E-state index contributed by atoms with van der Waals surface area (Å²) in [4.78, 5) is 22.8. The fourth-order valence-corrected chi connectivity index (χ4v) is 3.02. The van der Waals surface area contributed by atoms with Gasteiger partial charge in [0.25, 0.3) is 0 Å². The minimum atomic E-state index is -0.646. The highest BCUT2D eigenvalue weighted by Crippen LogP contribution is 2.30. The van der Waals surface area contributed by atoms with E-state index < -0.39 is 6.03 Å². The number of carbonyl (C=O) groups excluding carboxylic acids is 2. The summed E-state index contributed by atoms with van der Waals surface area (Å²) in [6.45, 7) is 0. The summed E-state index contributed by atoms with van der Waals surface area (Å²) in [5.41, 5.74) is 5.55. The number of amides is 2. The monoisotopic (exact) mass is 262 g/mol. The number of aldehydes is 1. The molecule has 0 saturated carbocycles. The van der Waals surface area contributed by atoms with Crippen molar-refractivity contribution in [1.82, 2.24) is 0 Å². The molecule has 1 aliphatic rings. The lowest BCUT2D eigenvalue weighted by Crippen LogP contribution is -2.19. The number of urea groups is 1. The van der Waals surface area contributed by atoms with Crippen LogP contribution < -0.4 is 11.1 Å². The maximum atomic E-state index is 10.9. The Balaban J connectivity index is 2.11. The second kappa shape index (κ2) is 5.64. The largest absolute Gasteiger partial charge is 0.351 e. The van der Waals surface area contributed by atoms with E-state index in [9.17, 15) is 9.59 Å². The number of rotatable bonds is 4. The maximum Gasteiger partial charge on any atom is 0.317 e. The maximum absolute atomic E-state index is 10.9. The van der Waals surface area contributed by atoms with Crippen LogP contribution in [0.2, 0.25) is 0 Å². The molecule has 0 radical (unpaired) electrons. The number of hydrogen-bond donors (Lipinski definition) is 2. The zero-order chi connectivity index (χ0) is 13.0. The molecule has 0 aliphatic heterocycles. The topological polar surface area (TPSA) is 72.2 Å². The Kier molecular flexibility index (Phi) is 3.94. The first kappa shape index (κ1) is 12.6. The minimum absolute atomic E-state index is 0.453. The fourth-order valence-electron chi connectivity index (χ4n) is 1.90. The number of hydrogen-bond acceptors (Lipinski definition) is 3. The zero-order valence-electron chi connectivity index (χ0n) is 9.76. The van der Waals surface area contributed by atoms with Crippen LogP contribution in [0.1, 0.15) is 21.7 Å². The van der Waals surface area contributed by atoms with Crippen molar-refractivity contribution in [2.45, 2.75) is 12.8 Å². The van der Waals surface area contributed by atoms with Crippen LogP contribution in [-0.4, -0.2) is 12.3 Å². The van der Waals surface area contributed by atoms with E-state index in [0.717, 1.165) is 24.0 Å². The van der Waals surface area contributed by atoms with Gasteiger partial charge in [-0.15, -0.1) is 11.3 Å². The van der Waals surface area contributed by atoms with Crippen molar-refractivity contribution in [2.24, 2.45) is 11.7 Å². The van der Waals surface area contributed by atoms with E-state index in [1.165, 1.54) is 11.3 Å². The molecular formula is C13H14N2O2S. The number of nitrogens with two attached hydrogens (primary N) is 1. The average molecular weight is 262 g/mol. The molecule has 1 unspecified atom stereocenters. The summed E-state index contributed by atoms with van der Waals surface area (Å²) in [7, 11) is 0. The first-order chi connectivity index (χ1) is 8.69. The minimum Gasteiger partial charge on any atom is -0.351 e. The lowest BCUT2D eigenvalue weighted by Gasteiger charge is -2.10. The van der Waals surface area contributed by atoms with Crippen LogP contribution in [0.25, 0.3) is 0 Å². The molecule has 1 aromatic heterocycles. The molecular weight excluding hydrogens is 248 g/mol. The van der Waals surface area contributed by atoms with E-state index in [4.69, 9.17) is 5.73 Å². The van der Waals surface area contributed by atoms with Crippen molar-refractivity contribution in [3.05, 3.63) is 40.8 Å². The molecule has 0 bridgehead atoms. The average Bonchev–Trinajstić information content (AvgIpc) is 2.71. The lowest BCUT2D eigenvalue weighted by atomic mass is 9.96. The Labute approximate surface area is 109 Å². The second-order valence-corrected chi connectivity index (χ2v) is 5.25. The molecule has 1 heterocycles. The van der Waals surface area contributed by atoms with Gasteiger partial charge in [0, 0.05) is 10.4 Å². The van der Waals surface area contributed by atoms with Crippen molar-refractivity contribution >= 4 is 28.7 Å². The SMILES string of the molecule is NC(=O)Nc1sc(CC2C=CC=CC2)cc1C=O. The van der Waals surface area contributed by atoms with Crippen LogP contribution in [0.3, 0.4) is 0 Å². The molecule has 5 heteroatoms. The molecule has 0 saturated heterocycles. The molecule has 1 atom stereocenters. The molecule has 18 heavy (non-hydrogen) atoms. The highest BCUT2D eigenvalue weighted by atomic mass is 32.1. The Morgan fingerprint density at radius 3 is 3.00 bits per heavy atom. The smallest absolute Gasteiger partial charge is 0.317 e. The van der Waals surface area contributed by atoms with E-state index in [0.29, 0.717) is 16.5 Å². The van der Waals surface area contributed by atoms with Crippen LogP contribution in [0.5, 0.6) is 0 Å². The zero-order valence-corrected chi connectivity index (χ0v) is 10.6. The van der Waals surface area contributed by atoms with Gasteiger partial charge < -0.3 is 5.73 Å². The predicted molar refractivity (Wildman–Crippen MR) is 73.0 cm³/mol. The quantitative estimate of drug-likeness (QED) is 0.819. The van der Waals surface area contributed by atoms with Gasteiger partial charge in [0.2, 0.25) is 0 Å². The summed E-state index contributed by atoms with van der Waals surface area (Å²) in [5, 5.41) is 3.01. The lowest BCUT2D eigenvalue weighted by molar-refractivity contribution is 0.112. The summed E-state index contributed by atoms with van der Waals surface area (Å²) in [6.07, 6.45) is 11.0. The summed E-state index contributed by atoms with van der Waals surface area (Å²) in [5.74, 6) is 0.453. The van der Waals surface area contributed by atoms with E-state index in [2.05, 4.69) is 17.5 Å². The first-order valence-corrected chi connectivity index (χ1v) is 6.48. The molecule has 3 N–H and O–H groups in total. The van der Waals surface area contributed by atoms with Gasteiger partial charge in [0.15, 0.2) is 6.29 Å². The Morgan fingerprint density at radius 1 is 1.56 bits per heavy atom. The normalized spacial score (nSPS) is 17.7. The summed E-state index contributed by atoms with van der Waals surface area (Å²) in [6, 6.07) is 1.17. The van der Waals surface area contributed by atoms with Gasteiger partial charge in [-0.3, -0.25) is 10.1 Å². The third kappa shape index (κ3) is 3.07. The molecule has 4 nitrogen and oxygen atoms in total. The third-order valence-electron chi connectivity index (χ3n) is 2.71. The van der Waals surface area contributed by atoms with Gasteiger partial charge >= 0.3 is 6.03 Å². The highest BCUT2D eigenvalue weighted by molar-refractivity contribution is 7.16. The fraction of sp³-hybridized carbons (Fsp3) is 0.231. The summed E-state index contributed by atoms with van der Waals surface area (Å²) >= 11 is 1.40. The van der Waals surface area contributed by atoms with Crippen LogP contribution in [0, 0.1) is 5.92 Å². The molecule has 1 aromatic rings. The number of primary amides is 1. The van der Waals surface area contributed by atoms with Gasteiger partial charge in [0.1, 0.15) is 5.00 Å². The molecule has 0 aromatic carbocycles. The molecule has 94 valence electrons. The van der Waals surface area contributed by atoms with Crippen molar-refractivity contribution < 1.29 is 9.59 Å². The van der Waals surface area contributed by atoms with Crippen molar-refractivity contribution in [2.75, 3.05) is 5.32 Å². The Bertz CT molecular complexity index is 517. The number of thiophene rings is 1. The van der Waals surface area contributed by atoms with Crippen molar-refractivity contribution in [3.8, 4) is 0 Å². The third-order valence-corrected chi connectivity index (χ3v) is 3.80. The standard InChI is InChI=1S/C13H14N2O2S/c14-13(17)15-12-10(8-16)7-11(18-12)6-9-4-2-1-3-5-9/h1-4,7-9H,5-6H2,(H3,14,15,17). The first-order valence-electron chi connectivity index (χ1n) is 5.66. The van der Waals surface area contributed by atoms with Gasteiger partial charge in [-0.2, -0.15) is 0 Å². The van der Waals surface area contributed by atoms with Gasteiger partial charge in [-0.25, -0.2) is 4.79 Å². The molecule has 0 fully saturated rings. The van der Waals surface area contributed by atoms with E-state index >= 15 is 0 Å². The number of carbonyl (C=O) groups is 2. The van der Waals surface area contributed by atoms with Crippen LogP contribution in [0.4, 0.5) is 9.80 Å². The van der Waals surface area contributed by atoms with E-state index in [-0.39, 0.29) is 0 Å². The summed E-state index contributed by atoms with van der Waals surface area (Å²) < 4.78 is 0. The van der Waals surface area contributed by atoms with Crippen molar-refractivity contribution in [1.29, 1.82) is 0 Å². The Morgan fingerprint density at radius 2 is 2.39 bits per heavy atom. The Hall–Kier alpha value is -1.88. The molecule has 0 spiro atoms. The number of allylic oxidation sites excluding steroid dienone is 4. The predicted octanol–water partition coefficient (Wildman–Crippen LogP) is 2.73. The van der Waals surface area contributed by atoms with Gasteiger partial charge in [-0.05, 0) is 24.8 Å². The van der Waals surface area contributed by atoms with E-state index in [1.807, 2.05) is 18.2 Å². The van der Waals surface area contributed by atoms with Gasteiger partial charge in [-0.1, -0.05) is 24.3 Å². The molecule has 2 amide bonds. The van der Waals surface area contributed by atoms with Crippen LogP contribution in [-0.2, 0) is 6.42 Å². The number of anilines is 1. The van der Waals surface area contributed by atoms with Gasteiger partial charge in [0.05, 0.1) is 0 Å². The molecule has 1 aliphatic carbocycles. The molecule has 2 rings (SSSR count). The number of nitrogens with one attached hydrogen (secondary N) is 1. The van der Waals surface area contributed by atoms with Crippen LogP contribution >= 0.6 is 11.3 Å². The van der Waals surface area contributed by atoms with E-state index in [1.54, 1.807) is 0 Å². The second-order valence-electron chi connectivity index (χ2n) is 4.12.